The van der Waals surface area contributed by atoms with Gasteiger partial charge in [-0.05, 0) is 0 Å². The highest BCUT2D eigenvalue weighted by molar-refractivity contribution is 7.19. The van der Waals surface area contributed by atoms with E-state index >= 15 is 0 Å². The number of nitriles is 1. The summed E-state index contributed by atoms with van der Waals surface area (Å²) in [6.45, 7) is -1.25. The highest BCUT2D eigenvalue weighted by Crippen LogP contribution is 2.37. The van der Waals surface area contributed by atoms with Crippen LogP contribution in [0, 0.1) is 11.3 Å². The Morgan fingerprint density at radius 3 is 2.50 bits per heavy atom. The molecule has 0 aliphatic carbocycles. The smallest absolute Gasteiger partial charge is 0.396 e. The van der Waals surface area contributed by atoms with Crippen molar-refractivity contribution in [3.63, 3.8) is 0 Å². The van der Waals surface area contributed by atoms with E-state index in [0.717, 1.165) is 11.9 Å². The van der Waals surface area contributed by atoms with Crippen LogP contribution in [0.15, 0.2) is 0 Å². The van der Waals surface area contributed by atoms with Crippen molar-refractivity contribution in [2.24, 2.45) is 5.73 Å². The number of carbonyl (C=O) groups is 1. The Labute approximate surface area is 104 Å². The number of carbonyl (C=O) groups excluding carboxylic acids is 1. The first-order chi connectivity index (χ1) is 8.17. The fourth-order valence-corrected chi connectivity index (χ4v) is 2.32. The Kier molecular flexibility index (Phi) is 3.71. The number of hydrogen-bond donors (Lipinski definition) is 2. The maximum absolute atomic E-state index is 12.3. The van der Waals surface area contributed by atoms with Gasteiger partial charge in [-0.2, -0.15) is 18.4 Å². The predicted octanol–water partition coefficient (Wildman–Crippen LogP) is 1.30. The molecule has 0 spiro atoms. The molecule has 0 unspecified atom stereocenters. The first-order valence-electron chi connectivity index (χ1n) is 4.57. The van der Waals surface area contributed by atoms with Gasteiger partial charge >= 0.3 is 6.18 Å². The number of rotatable bonds is 3. The number of nitrogen functional groups attached to an aromatic ring is 1. The summed E-state index contributed by atoms with van der Waals surface area (Å²) in [5.41, 5.74) is 10.2. The van der Waals surface area contributed by atoms with Crippen molar-refractivity contribution in [2.75, 3.05) is 24.2 Å². The minimum Gasteiger partial charge on any atom is -0.396 e. The zero-order valence-electron chi connectivity index (χ0n) is 9.21. The molecule has 0 fully saturated rings. The molecule has 98 valence electrons. The van der Waals surface area contributed by atoms with Gasteiger partial charge in [0.15, 0.2) is 0 Å². The van der Waals surface area contributed by atoms with Crippen LogP contribution in [-0.4, -0.2) is 25.7 Å². The minimum atomic E-state index is -4.42. The summed E-state index contributed by atoms with van der Waals surface area (Å²) >= 11 is 0.671. The molecule has 9 heteroatoms. The van der Waals surface area contributed by atoms with Crippen molar-refractivity contribution in [1.82, 2.24) is 0 Å². The summed E-state index contributed by atoms with van der Waals surface area (Å²) in [7, 11) is 1.16. The summed E-state index contributed by atoms with van der Waals surface area (Å²) in [5.74, 6) is -0.874. The van der Waals surface area contributed by atoms with E-state index in [4.69, 9.17) is 16.7 Å². The number of anilines is 2. The van der Waals surface area contributed by atoms with Crippen LogP contribution in [0.2, 0.25) is 0 Å². The number of nitrogens with two attached hydrogens (primary N) is 2. The Morgan fingerprint density at radius 1 is 1.56 bits per heavy atom. The molecule has 18 heavy (non-hydrogen) atoms. The minimum absolute atomic E-state index is 0.0267. The Balaban J connectivity index is 3.21. The van der Waals surface area contributed by atoms with E-state index in [-0.39, 0.29) is 21.1 Å². The fourth-order valence-electron chi connectivity index (χ4n) is 1.33. The van der Waals surface area contributed by atoms with E-state index in [9.17, 15) is 18.0 Å². The lowest BCUT2D eigenvalue weighted by Gasteiger charge is -2.19. The van der Waals surface area contributed by atoms with Crippen LogP contribution in [0.1, 0.15) is 15.2 Å². The monoisotopic (exact) mass is 278 g/mol. The van der Waals surface area contributed by atoms with Crippen molar-refractivity contribution in [1.29, 1.82) is 5.26 Å². The number of thiophene rings is 1. The second-order valence-corrected chi connectivity index (χ2v) is 4.47. The first kappa shape index (κ1) is 14.1. The van der Waals surface area contributed by atoms with Crippen LogP contribution in [-0.2, 0) is 0 Å². The predicted molar refractivity (Wildman–Crippen MR) is 61.3 cm³/mol. The van der Waals surface area contributed by atoms with E-state index in [1.165, 1.54) is 0 Å². The van der Waals surface area contributed by atoms with E-state index < -0.39 is 18.6 Å². The summed E-state index contributed by atoms with van der Waals surface area (Å²) in [6.07, 6.45) is -4.42. The molecule has 0 radical (unpaired) electrons. The highest BCUT2D eigenvalue weighted by Gasteiger charge is 2.32. The number of nitrogens with zero attached hydrogens (tertiary/aromatic N) is 2. The highest BCUT2D eigenvalue weighted by atomic mass is 32.1. The molecule has 0 aromatic carbocycles. The third kappa shape index (κ3) is 2.84. The van der Waals surface area contributed by atoms with Crippen LogP contribution < -0.4 is 16.4 Å². The molecule has 1 aromatic heterocycles. The third-order valence-corrected chi connectivity index (χ3v) is 3.36. The summed E-state index contributed by atoms with van der Waals surface area (Å²) < 4.78 is 36.8. The van der Waals surface area contributed by atoms with E-state index in [1.54, 1.807) is 6.07 Å². The zero-order chi connectivity index (χ0) is 14.1. The molecule has 0 bridgehead atoms. The molecular weight excluding hydrogens is 269 g/mol. The number of alkyl halides is 3. The average Bonchev–Trinajstić information content (AvgIpc) is 2.52. The van der Waals surface area contributed by atoms with Gasteiger partial charge < -0.3 is 16.4 Å². The SMILES string of the molecule is CN(CC(F)(F)F)c1sc(C(N)=O)c(N)c1C#N. The van der Waals surface area contributed by atoms with Crippen LogP contribution in [0.25, 0.3) is 0 Å². The standard InChI is InChI=1S/C9H9F3N4OS/c1-16(3-9(10,11)12)8-4(2-13)5(14)6(18-8)7(15)17/h3,14H2,1H3,(H2,15,17). The zero-order valence-corrected chi connectivity index (χ0v) is 10.0. The summed E-state index contributed by atoms with van der Waals surface area (Å²) in [6, 6.07) is 1.67. The van der Waals surface area contributed by atoms with Gasteiger partial charge in [-0.1, -0.05) is 0 Å². The Morgan fingerprint density at radius 2 is 2.11 bits per heavy atom. The van der Waals surface area contributed by atoms with Crippen molar-refractivity contribution in [2.45, 2.75) is 6.18 Å². The van der Waals surface area contributed by atoms with Crippen LogP contribution in [0.5, 0.6) is 0 Å². The molecule has 1 rings (SSSR count). The molecule has 0 saturated carbocycles. The van der Waals surface area contributed by atoms with Gasteiger partial charge in [0.25, 0.3) is 5.91 Å². The molecule has 5 nitrogen and oxygen atoms in total. The van der Waals surface area contributed by atoms with Crippen molar-refractivity contribution in [3.8, 4) is 6.07 Å². The van der Waals surface area contributed by atoms with Crippen LogP contribution in [0.3, 0.4) is 0 Å². The largest absolute Gasteiger partial charge is 0.405 e. The lowest BCUT2D eigenvalue weighted by atomic mass is 10.2. The van der Waals surface area contributed by atoms with Crippen LogP contribution >= 0.6 is 11.3 Å². The molecule has 0 atom stereocenters. The van der Waals surface area contributed by atoms with Gasteiger partial charge in [-0.3, -0.25) is 4.79 Å². The maximum atomic E-state index is 12.3. The second kappa shape index (κ2) is 4.73. The second-order valence-electron chi connectivity index (χ2n) is 3.47. The van der Waals surface area contributed by atoms with Crippen molar-refractivity contribution >= 4 is 27.9 Å². The maximum Gasteiger partial charge on any atom is 0.405 e. The van der Waals surface area contributed by atoms with Gasteiger partial charge in [0.1, 0.15) is 28.1 Å². The van der Waals surface area contributed by atoms with Gasteiger partial charge in [-0.15, -0.1) is 11.3 Å². The molecule has 1 amide bonds. The van der Waals surface area contributed by atoms with E-state index in [0.29, 0.717) is 11.3 Å². The normalized spacial score (nSPS) is 11.1. The molecule has 1 aromatic rings. The first-order valence-corrected chi connectivity index (χ1v) is 5.39. The van der Waals surface area contributed by atoms with E-state index in [1.807, 2.05) is 0 Å². The topological polar surface area (TPSA) is 96.1 Å². The summed E-state index contributed by atoms with van der Waals surface area (Å²) in [5, 5.41) is 8.83. The fraction of sp³-hybridized carbons (Fsp3) is 0.333. The van der Waals surface area contributed by atoms with Crippen LogP contribution in [0.4, 0.5) is 23.9 Å². The van der Waals surface area contributed by atoms with Gasteiger partial charge in [0, 0.05) is 7.05 Å². The molecular formula is C9H9F3N4OS. The number of primary amides is 1. The van der Waals surface area contributed by atoms with Gasteiger partial charge in [-0.25, -0.2) is 0 Å². The quantitative estimate of drug-likeness (QED) is 0.871. The number of hydrogen-bond acceptors (Lipinski definition) is 5. The lowest BCUT2D eigenvalue weighted by Crippen LogP contribution is -2.30. The molecule has 4 N–H and O–H groups in total. The van der Waals surface area contributed by atoms with Crippen molar-refractivity contribution < 1.29 is 18.0 Å². The molecule has 1 heterocycles. The number of amides is 1. The molecule has 0 aliphatic heterocycles. The number of halogens is 3. The lowest BCUT2D eigenvalue weighted by molar-refractivity contribution is -0.119. The Bertz CT molecular complexity index is 517. The van der Waals surface area contributed by atoms with E-state index in [2.05, 4.69) is 0 Å². The third-order valence-electron chi connectivity index (χ3n) is 2.03. The van der Waals surface area contributed by atoms with Gasteiger partial charge in [0.2, 0.25) is 0 Å². The van der Waals surface area contributed by atoms with Gasteiger partial charge in [0.05, 0.1) is 5.69 Å². The van der Waals surface area contributed by atoms with Crippen molar-refractivity contribution in [3.05, 3.63) is 10.4 Å². The average molecular weight is 278 g/mol. The molecule has 0 saturated heterocycles. The Hall–Kier alpha value is -1.95. The summed E-state index contributed by atoms with van der Waals surface area (Å²) in [4.78, 5) is 11.7. The molecule has 0 aliphatic rings.